The number of thioether (sulfide) groups is 1. The van der Waals surface area contributed by atoms with E-state index in [-0.39, 0.29) is 11.8 Å². The summed E-state index contributed by atoms with van der Waals surface area (Å²) < 4.78 is 0. The maximum Gasteiger partial charge on any atom is 0.269 e. The number of hydrogen-bond acceptors (Lipinski definition) is 4. The molecule has 0 saturated carbocycles. The zero-order valence-electron chi connectivity index (χ0n) is 13.7. The molecule has 0 aliphatic rings. The van der Waals surface area contributed by atoms with Gasteiger partial charge in [-0.05, 0) is 29.8 Å². The molecule has 0 radical (unpaired) electrons. The molecule has 7 heteroatoms. The molecule has 3 rings (SSSR count). The number of hydrazine groups is 1. The number of amides is 2. The van der Waals surface area contributed by atoms with E-state index < -0.39 is 0 Å². The number of para-hydroxylation sites is 2. The topological polar surface area (TPSA) is 86.9 Å². The first-order valence-corrected chi connectivity index (χ1v) is 8.90. The predicted octanol–water partition coefficient (Wildman–Crippen LogP) is 3.03. The summed E-state index contributed by atoms with van der Waals surface area (Å²) in [4.78, 5) is 30.9. The number of imidazole rings is 1. The van der Waals surface area contributed by atoms with Crippen molar-refractivity contribution in [3.05, 3.63) is 59.7 Å². The largest absolute Gasteiger partial charge is 0.333 e. The van der Waals surface area contributed by atoms with Crippen LogP contribution in [0.15, 0.2) is 53.7 Å². The number of rotatable bonds is 5. The lowest BCUT2D eigenvalue weighted by atomic mass is 10.1. The first-order chi connectivity index (χ1) is 12.2. The molecule has 1 heterocycles. The zero-order valence-corrected chi connectivity index (χ0v) is 14.5. The van der Waals surface area contributed by atoms with Crippen LogP contribution < -0.4 is 10.9 Å². The number of fused-ring (bicyclic) bond motifs is 1. The molecule has 0 saturated heterocycles. The molecule has 1 aromatic heterocycles. The van der Waals surface area contributed by atoms with Crippen molar-refractivity contribution in [2.24, 2.45) is 0 Å². The van der Waals surface area contributed by atoms with E-state index in [4.69, 9.17) is 0 Å². The number of aromatic nitrogens is 2. The highest BCUT2D eigenvalue weighted by Crippen LogP contribution is 2.23. The summed E-state index contributed by atoms with van der Waals surface area (Å²) in [7, 11) is 0. The van der Waals surface area contributed by atoms with Crippen LogP contribution in [-0.2, 0) is 10.5 Å². The third kappa shape index (κ3) is 4.39. The minimum Gasteiger partial charge on any atom is -0.333 e. The van der Waals surface area contributed by atoms with Crippen LogP contribution in [0.2, 0.25) is 0 Å². The Balaban J connectivity index is 1.57. The first kappa shape index (κ1) is 17.0. The third-order valence-corrected chi connectivity index (χ3v) is 4.54. The van der Waals surface area contributed by atoms with Gasteiger partial charge >= 0.3 is 0 Å². The van der Waals surface area contributed by atoms with Crippen LogP contribution >= 0.6 is 11.8 Å². The summed E-state index contributed by atoms with van der Waals surface area (Å²) in [6.45, 7) is 1.72. The lowest BCUT2D eigenvalue weighted by Crippen LogP contribution is -2.41. The second-order valence-corrected chi connectivity index (χ2v) is 6.36. The van der Waals surface area contributed by atoms with Gasteiger partial charge in [-0.25, -0.2) is 4.98 Å². The highest BCUT2D eigenvalue weighted by molar-refractivity contribution is 7.98. The van der Waals surface area contributed by atoms with Crippen molar-refractivity contribution in [1.29, 1.82) is 0 Å². The minimum atomic E-state index is -0.335. The molecule has 0 unspecified atom stereocenters. The number of hydrogen-bond donors (Lipinski definition) is 3. The standard InChI is InChI=1S/C18H18N4O2S/c1-2-16(23)21-22-17(24)13-9-7-12(8-10-13)11-25-18-19-14-5-3-4-6-15(14)20-18/h3-10H,2,11H2,1H3,(H,19,20)(H,21,23)(H,22,24). The van der Waals surface area contributed by atoms with E-state index in [9.17, 15) is 9.59 Å². The van der Waals surface area contributed by atoms with E-state index in [0.717, 1.165) is 27.5 Å². The Hall–Kier alpha value is -2.80. The Labute approximate surface area is 149 Å². The van der Waals surface area contributed by atoms with Gasteiger partial charge in [-0.15, -0.1) is 0 Å². The predicted molar refractivity (Wildman–Crippen MR) is 98.0 cm³/mol. The lowest BCUT2D eigenvalue weighted by Gasteiger charge is -2.06. The van der Waals surface area contributed by atoms with Crippen molar-refractivity contribution in [3.63, 3.8) is 0 Å². The van der Waals surface area contributed by atoms with Crippen molar-refractivity contribution in [2.75, 3.05) is 0 Å². The number of carbonyl (C=O) groups is 2. The highest BCUT2D eigenvalue weighted by Gasteiger charge is 2.07. The van der Waals surface area contributed by atoms with Gasteiger partial charge in [-0.3, -0.25) is 20.4 Å². The van der Waals surface area contributed by atoms with E-state index in [1.54, 1.807) is 30.8 Å². The fourth-order valence-corrected chi connectivity index (χ4v) is 3.03. The normalized spacial score (nSPS) is 10.6. The van der Waals surface area contributed by atoms with Gasteiger partial charge < -0.3 is 4.98 Å². The smallest absolute Gasteiger partial charge is 0.269 e. The Kier molecular flexibility index (Phi) is 5.35. The molecule has 0 spiro atoms. The summed E-state index contributed by atoms with van der Waals surface area (Å²) >= 11 is 1.61. The number of aromatic amines is 1. The Morgan fingerprint density at radius 3 is 2.56 bits per heavy atom. The summed E-state index contributed by atoms with van der Waals surface area (Å²) in [5, 5.41) is 0.866. The Morgan fingerprint density at radius 2 is 1.84 bits per heavy atom. The first-order valence-electron chi connectivity index (χ1n) is 7.91. The van der Waals surface area contributed by atoms with Gasteiger partial charge in [0.05, 0.1) is 11.0 Å². The molecule has 0 fully saturated rings. The van der Waals surface area contributed by atoms with Crippen molar-refractivity contribution in [3.8, 4) is 0 Å². The van der Waals surface area contributed by atoms with Gasteiger partial charge in [0, 0.05) is 17.7 Å². The Morgan fingerprint density at radius 1 is 1.08 bits per heavy atom. The van der Waals surface area contributed by atoms with Gasteiger partial charge in [0.25, 0.3) is 5.91 Å². The molecule has 6 nitrogen and oxygen atoms in total. The van der Waals surface area contributed by atoms with Crippen LogP contribution in [0.3, 0.4) is 0 Å². The average molecular weight is 354 g/mol. The van der Waals surface area contributed by atoms with Crippen molar-refractivity contribution >= 4 is 34.6 Å². The van der Waals surface area contributed by atoms with Crippen LogP contribution in [-0.4, -0.2) is 21.8 Å². The molecule has 3 N–H and O–H groups in total. The zero-order chi connectivity index (χ0) is 17.6. The molecule has 0 aliphatic heterocycles. The molecule has 0 atom stereocenters. The van der Waals surface area contributed by atoms with E-state index in [2.05, 4.69) is 20.8 Å². The van der Waals surface area contributed by atoms with E-state index >= 15 is 0 Å². The fourth-order valence-electron chi connectivity index (χ4n) is 2.19. The van der Waals surface area contributed by atoms with Gasteiger partial charge in [0.1, 0.15) is 0 Å². The minimum absolute atomic E-state index is 0.229. The number of benzene rings is 2. The SMILES string of the molecule is CCC(=O)NNC(=O)c1ccc(CSc2nc3ccccc3[nH]2)cc1. The third-order valence-electron chi connectivity index (χ3n) is 3.60. The van der Waals surface area contributed by atoms with Crippen LogP contribution in [0.5, 0.6) is 0 Å². The molecule has 0 bridgehead atoms. The molecule has 2 amide bonds. The van der Waals surface area contributed by atoms with Crippen molar-refractivity contribution < 1.29 is 9.59 Å². The van der Waals surface area contributed by atoms with Crippen molar-refractivity contribution in [1.82, 2.24) is 20.8 Å². The average Bonchev–Trinajstić information content (AvgIpc) is 3.07. The summed E-state index contributed by atoms with van der Waals surface area (Å²) in [5.74, 6) is 0.180. The monoisotopic (exact) mass is 354 g/mol. The van der Waals surface area contributed by atoms with E-state index in [1.807, 2.05) is 36.4 Å². The second kappa shape index (κ2) is 7.85. The lowest BCUT2D eigenvalue weighted by molar-refractivity contribution is -0.121. The van der Waals surface area contributed by atoms with Crippen molar-refractivity contribution in [2.45, 2.75) is 24.3 Å². The molecular weight excluding hydrogens is 336 g/mol. The van der Waals surface area contributed by atoms with Gasteiger partial charge in [0.15, 0.2) is 5.16 Å². The van der Waals surface area contributed by atoms with Crippen LogP contribution in [0.4, 0.5) is 0 Å². The summed E-state index contributed by atoms with van der Waals surface area (Å²) in [6, 6.07) is 15.2. The number of nitrogens with zero attached hydrogens (tertiary/aromatic N) is 1. The molecular formula is C18H18N4O2S. The van der Waals surface area contributed by atoms with Crippen LogP contribution in [0.25, 0.3) is 11.0 Å². The van der Waals surface area contributed by atoms with Gasteiger partial charge in [-0.1, -0.05) is 43.0 Å². The number of carbonyl (C=O) groups excluding carboxylic acids is 2. The summed E-state index contributed by atoms with van der Waals surface area (Å²) in [6.07, 6.45) is 0.318. The van der Waals surface area contributed by atoms with Gasteiger partial charge in [-0.2, -0.15) is 0 Å². The van der Waals surface area contributed by atoms with E-state index in [1.165, 1.54) is 0 Å². The quantitative estimate of drug-likeness (QED) is 0.485. The summed E-state index contributed by atoms with van der Waals surface area (Å²) in [5.41, 5.74) is 8.28. The molecule has 128 valence electrons. The Bertz CT molecular complexity index is 856. The van der Waals surface area contributed by atoms with Crippen LogP contribution in [0.1, 0.15) is 29.3 Å². The molecule has 0 aliphatic carbocycles. The maximum absolute atomic E-state index is 11.9. The van der Waals surface area contributed by atoms with Crippen LogP contribution in [0, 0.1) is 0 Å². The highest BCUT2D eigenvalue weighted by atomic mass is 32.2. The maximum atomic E-state index is 11.9. The number of nitrogens with one attached hydrogen (secondary N) is 3. The molecule has 25 heavy (non-hydrogen) atoms. The fraction of sp³-hybridized carbons (Fsp3) is 0.167. The molecule has 3 aromatic rings. The number of H-pyrrole nitrogens is 1. The van der Waals surface area contributed by atoms with Gasteiger partial charge in [0.2, 0.25) is 5.91 Å². The second-order valence-electron chi connectivity index (χ2n) is 5.40. The van der Waals surface area contributed by atoms with E-state index in [0.29, 0.717) is 12.0 Å². The molecule has 2 aromatic carbocycles.